The highest BCUT2D eigenvalue weighted by Gasteiger charge is 2.14. The molecule has 0 bridgehead atoms. The normalized spacial score (nSPS) is 12.1. The predicted octanol–water partition coefficient (Wildman–Crippen LogP) is 3.99. The summed E-state index contributed by atoms with van der Waals surface area (Å²) in [5.74, 6) is 0.306. The van der Waals surface area contributed by atoms with E-state index >= 15 is 0 Å². The summed E-state index contributed by atoms with van der Waals surface area (Å²) in [5, 5.41) is 0. The number of carbonyl (C=O) groups is 1. The van der Waals surface area contributed by atoms with Crippen molar-refractivity contribution in [2.75, 3.05) is 0 Å². The largest absolute Gasteiger partial charge is 0.299 e. The molecule has 2 rings (SSSR count). The second kappa shape index (κ2) is 6.15. The first-order valence-corrected chi connectivity index (χ1v) is 6.39. The fourth-order valence-electron chi connectivity index (χ4n) is 2.06. The van der Waals surface area contributed by atoms with E-state index in [0.717, 1.165) is 12.0 Å². The lowest BCUT2D eigenvalue weighted by Crippen LogP contribution is -2.10. The second-order valence-electron chi connectivity index (χ2n) is 4.58. The maximum absolute atomic E-state index is 12.1. The minimum absolute atomic E-state index is 0.00471. The molecule has 0 aliphatic rings. The van der Waals surface area contributed by atoms with Crippen LogP contribution in [0, 0.1) is 0 Å². The van der Waals surface area contributed by atoms with Crippen molar-refractivity contribution in [1.82, 2.24) is 0 Å². The Bertz CT molecular complexity index is 488. The zero-order valence-corrected chi connectivity index (χ0v) is 10.7. The lowest BCUT2D eigenvalue weighted by Gasteiger charge is -2.10. The summed E-state index contributed by atoms with van der Waals surface area (Å²) in [7, 11) is 0. The number of ketones is 1. The molecule has 1 nitrogen and oxygen atoms in total. The maximum Gasteiger partial charge on any atom is 0.140 e. The fourth-order valence-corrected chi connectivity index (χ4v) is 2.06. The van der Waals surface area contributed by atoms with Crippen molar-refractivity contribution in [2.45, 2.75) is 25.7 Å². The summed E-state index contributed by atoms with van der Waals surface area (Å²) >= 11 is 0. The Morgan fingerprint density at radius 2 is 1.50 bits per heavy atom. The first-order valence-electron chi connectivity index (χ1n) is 6.39. The summed E-state index contributed by atoms with van der Waals surface area (Å²) in [4.78, 5) is 12.1. The highest BCUT2D eigenvalue weighted by atomic mass is 16.1. The Balaban J connectivity index is 1.93. The molecular weight excluding hydrogens is 220 g/mol. The molecule has 18 heavy (non-hydrogen) atoms. The van der Waals surface area contributed by atoms with Crippen LogP contribution in [0.3, 0.4) is 0 Å². The standard InChI is InChI=1S/C17H18O/c1-14(16-10-6-3-7-11-16)17(18)13-12-15-8-4-2-5-9-15/h2-11,14H,12-13H2,1H3. The van der Waals surface area contributed by atoms with Gasteiger partial charge in [-0.15, -0.1) is 0 Å². The van der Waals surface area contributed by atoms with E-state index in [-0.39, 0.29) is 5.92 Å². The lowest BCUT2D eigenvalue weighted by atomic mass is 9.93. The molecule has 0 heterocycles. The second-order valence-corrected chi connectivity index (χ2v) is 4.58. The van der Waals surface area contributed by atoms with Crippen molar-refractivity contribution in [3.8, 4) is 0 Å². The van der Waals surface area contributed by atoms with E-state index in [9.17, 15) is 4.79 Å². The van der Waals surface area contributed by atoms with Crippen molar-refractivity contribution in [1.29, 1.82) is 0 Å². The number of benzene rings is 2. The van der Waals surface area contributed by atoms with Crippen LogP contribution in [0.25, 0.3) is 0 Å². The minimum Gasteiger partial charge on any atom is -0.299 e. The van der Waals surface area contributed by atoms with Crippen molar-refractivity contribution in [2.24, 2.45) is 0 Å². The van der Waals surface area contributed by atoms with Gasteiger partial charge in [0.25, 0.3) is 0 Å². The van der Waals surface area contributed by atoms with Crippen LogP contribution in [0.15, 0.2) is 60.7 Å². The van der Waals surface area contributed by atoms with E-state index in [2.05, 4.69) is 12.1 Å². The Hall–Kier alpha value is -1.89. The fraction of sp³-hybridized carbons (Fsp3) is 0.235. The molecule has 1 unspecified atom stereocenters. The number of hydrogen-bond donors (Lipinski definition) is 0. The van der Waals surface area contributed by atoms with Gasteiger partial charge in [-0.05, 0) is 17.5 Å². The highest BCUT2D eigenvalue weighted by Crippen LogP contribution is 2.18. The minimum atomic E-state index is -0.00471. The summed E-state index contributed by atoms with van der Waals surface area (Å²) in [6, 6.07) is 20.1. The van der Waals surface area contributed by atoms with Crippen molar-refractivity contribution in [3.05, 3.63) is 71.8 Å². The van der Waals surface area contributed by atoms with E-state index in [0.29, 0.717) is 12.2 Å². The van der Waals surface area contributed by atoms with Gasteiger partial charge in [0.15, 0.2) is 0 Å². The lowest BCUT2D eigenvalue weighted by molar-refractivity contribution is -0.120. The number of hydrogen-bond acceptors (Lipinski definition) is 1. The smallest absolute Gasteiger partial charge is 0.140 e. The van der Waals surface area contributed by atoms with Crippen LogP contribution in [-0.2, 0) is 11.2 Å². The molecule has 0 amide bonds. The summed E-state index contributed by atoms with van der Waals surface area (Å²) in [5.41, 5.74) is 2.33. The van der Waals surface area contributed by atoms with E-state index in [1.54, 1.807) is 0 Å². The quantitative estimate of drug-likeness (QED) is 0.769. The van der Waals surface area contributed by atoms with E-state index < -0.39 is 0 Å². The molecule has 92 valence electrons. The molecule has 1 atom stereocenters. The first-order chi connectivity index (χ1) is 8.77. The average Bonchev–Trinajstić information content (AvgIpc) is 2.46. The molecule has 0 fully saturated rings. The summed E-state index contributed by atoms with van der Waals surface area (Å²) in [6.45, 7) is 1.99. The van der Waals surface area contributed by atoms with Crippen LogP contribution in [-0.4, -0.2) is 5.78 Å². The van der Waals surface area contributed by atoms with Gasteiger partial charge in [-0.25, -0.2) is 0 Å². The summed E-state index contributed by atoms with van der Waals surface area (Å²) in [6.07, 6.45) is 1.44. The summed E-state index contributed by atoms with van der Waals surface area (Å²) < 4.78 is 0. The predicted molar refractivity (Wildman–Crippen MR) is 74.6 cm³/mol. The molecule has 0 radical (unpaired) electrons. The van der Waals surface area contributed by atoms with E-state index in [1.165, 1.54) is 5.56 Å². The van der Waals surface area contributed by atoms with Crippen LogP contribution >= 0.6 is 0 Å². The maximum atomic E-state index is 12.1. The van der Waals surface area contributed by atoms with Crippen LogP contribution in [0.4, 0.5) is 0 Å². The average molecular weight is 238 g/mol. The monoisotopic (exact) mass is 238 g/mol. The van der Waals surface area contributed by atoms with E-state index in [4.69, 9.17) is 0 Å². The molecule has 1 heteroatoms. The van der Waals surface area contributed by atoms with Gasteiger partial charge in [0.1, 0.15) is 5.78 Å². The third-order valence-electron chi connectivity index (χ3n) is 3.29. The molecule has 0 aliphatic heterocycles. The van der Waals surface area contributed by atoms with Crippen LogP contribution in [0.1, 0.15) is 30.4 Å². The topological polar surface area (TPSA) is 17.1 Å². The van der Waals surface area contributed by atoms with Gasteiger partial charge >= 0.3 is 0 Å². The number of carbonyl (C=O) groups excluding carboxylic acids is 1. The van der Waals surface area contributed by atoms with Crippen LogP contribution < -0.4 is 0 Å². The Labute approximate surface area is 108 Å². The molecule has 2 aromatic rings. The van der Waals surface area contributed by atoms with Crippen LogP contribution in [0.2, 0.25) is 0 Å². The third-order valence-corrected chi connectivity index (χ3v) is 3.29. The molecule has 2 aromatic carbocycles. The van der Waals surface area contributed by atoms with Gasteiger partial charge in [0.05, 0.1) is 0 Å². The van der Waals surface area contributed by atoms with Crippen molar-refractivity contribution < 1.29 is 4.79 Å². The Morgan fingerprint density at radius 3 is 2.11 bits per heavy atom. The van der Waals surface area contributed by atoms with Gasteiger partial charge in [0.2, 0.25) is 0 Å². The zero-order valence-electron chi connectivity index (χ0n) is 10.7. The van der Waals surface area contributed by atoms with Gasteiger partial charge in [-0.1, -0.05) is 67.6 Å². The van der Waals surface area contributed by atoms with Gasteiger partial charge in [-0.3, -0.25) is 4.79 Å². The number of rotatable bonds is 5. The van der Waals surface area contributed by atoms with Gasteiger partial charge in [-0.2, -0.15) is 0 Å². The number of aryl methyl sites for hydroxylation is 1. The molecular formula is C17H18O. The van der Waals surface area contributed by atoms with E-state index in [1.807, 2.05) is 55.5 Å². The number of Topliss-reactive ketones (excluding diaryl/α,β-unsaturated/α-hetero) is 1. The SMILES string of the molecule is CC(C(=O)CCc1ccccc1)c1ccccc1. The van der Waals surface area contributed by atoms with Gasteiger partial charge < -0.3 is 0 Å². The Kier molecular flexibility index (Phi) is 4.30. The van der Waals surface area contributed by atoms with Crippen molar-refractivity contribution >= 4 is 5.78 Å². The highest BCUT2D eigenvalue weighted by molar-refractivity contribution is 5.85. The molecule has 0 spiro atoms. The molecule has 0 aromatic heterocycles. The molecule has 0 aliphatic carbocycles. The Morgan fingerprint density at radius 1 is 0.944 bits per heavy atom. The molecule has 0 saturated carbocycles. The molecule has 0 saturated heterocycles. The molecule has 0 N–H and O–H groups in total. The van der Waals surface area contributed by atoms with Crippen molar-refractivity contribution in [3.63, 3.8) is 0 Å². The van der Waals surface area contributed by atoms with Gasteiger partial charge in [0, 0.05) is 12.3 Å². The first kappa shape index (κ1) is 12.6. The van der Waals surface area contributed by atoms with Crippen LogP contribution in [0.5, 0.6) is 0 Å². The zero-order chi connectivity index (χ0) is 12.8. The third kappa shape index (κ3) is 3.30.